The van der Waals surface area contributed by atoms with Gasteiger partial charge in [0.05, 0.1) is 5.41 Å². The van der Waals surface area contributed by atoms with Crippen molar-refractivity contribution in [3.63, 3.8) is 0 Å². The highest BCUT2D eigenvalue weighted by Gasteiger charge is 2.51. The minimum Gasteiger partial charge on any atom is -0.265 e. The van der Waals surface area contributed by atoms with Crippen molar-refractivity contribution in [1.82, 2.24) is 24.9 Å². The van der Waals surface area contributed by atoms with Crippen molar-refractivity contribution in [3.8, 4) is 56.4 Å². The van der Waals surface area contributed by atoms with Gasteiger partial charge in [0, 0.05) is 41.5 Å². The third-order valence-electron chi connectivity index (χ3n) is 8.77. The molecule has 0 radical (unpaired) electrons. The fourth-order valence-corrected chi connectivity index (χ4v) is 7.00. The minimum atomic E-state index is -0.427. The number of benzene rings is 4. The lowest BCUT2D eigenvalue weighted by Crippen LogP contribution is -2.25. The normalized spacial score (nSPS) is 13.3. The summed E-state index contributed by atoms with van der Waals surface area (Å²) in [6.07, 6.45) is 7.04. The van der Waals surface area contributed by atoms with Gasteiger partial charge in [-0.05, 0) is 74.8 Å². The molecular formula is C38H23N5. The molecule has 0 atom stereocenters. The van der Waals surface area contributed by atoms with Crippen LogP contribution in [0.2, 0.25) is 0 Å². The largest absolute Gasteiger partial charge is 0.265 e. The SMILES string of the molecule is c1ccc2c(c1)-c1ccccc1C21c2ccccc2-c2ccc(-c3nc(-c4ccncc4)nc(-c4ccncc4)n3)cc21. The van der Waals surface area contributed by atoms with E-state index in [9.17, 15) is 0 Å². The van der Waals surface area contributed by atoms with Crippen molar-refractivity contribution in [1.29, 1.82) is 0 Å². The van der Waals surface area contributed by atoms with E-state index in [1.54, 1.807) is 24.8 Å². The second-order valence-electron chi connectivity index (χ2n) is 10.9. The molecule has 0 saturated carbocycles. The molecule has 5 heteroatoms. The summed E-state index contributed by atoms with van der Waals surface area (Å²) in [4.78, 5) is 23.3. The Labute approximate surface area is 248 Å². The standard InChI is InChI=1S/C38H23N5/c1-4-10-31-27(7-1)28-8-2-5-11-32(28)38(31)33-12-6-3-9-29(33)30-14-13-26(23-34(30)38)37-42-35(24-15-19-39-20-16-24)41-36(43-37)25-17-21-40-22-18-25/h1-23H. The number of nitrogens with zero attached hydrogens (tertiary/aromatic N) is 5. The lowest BCUT2D eigenvalue weighted by Gasteiger charge is -2.30. The van der Waals surface area contributed by atoms with Gasteiger partial charge >= 0.3 is 0 Å². The Morgan fingerprint density at radius 2 is 0.744 bits per heavy atom. The topological polar surface area (TPSA) is 64.5 Å². The van der Waals surface area contributed by atoms with Crippen LogP contribution >= 0.6 is 0 Å². The summed E-state index contributed by atoms with van der Waals surface area (Å²) in [5, 5.41) is 0. The molecule has 0 amide bonds. The molecule has 1 spiro atoms. The van der Waals surface area contributed by atoms with E-state index >= 15 is 0 Å². The molecule has 5 nitrogen and oxygen atoms in total. The molecule has 2 aliphatic carbocycles. The highest BCUT2D eigenvalue weighted by Crippen LogP contribution is 2.62. The molecule has 200 valence electrons. The van der Waals surface area contributed by atoms with E-state index < -0.39 is 5.41 Å². The van der Waals surface area contributed by atoms with Gasteiger partial charge in [0.15, 0.2) is 17.5 Å². The summed E-state index contributed by atoms with van der Waals surface area (Å²) in [5.41, 5.74) is 12.5. The molecule has 3 heterocycles. The van der Waals surface area contributed by atoms with Crippen molar-refractivity contribution < 1.29 is 0 Å². The van der Waals surface area contributed by atoms with Crippen LogP contribution in [0.4, 0.5) is 0 Å². The van der Waals surface area contributed by atoms with E-state index in [4.69, 9.17) is 15.0 Å². The van der Waals surface area contributed by atoms with Gasteiger partial charge in [-0.2, -0.15) is 0 Å². The quantitative estimate of drug-likeness (QED) is 0.223. The Balaban J connectivity index is 1.32. The van der Waals surface area contributed by atoms with E-state index in [1.807, 2.05) is 24.3 Å². The molecule has 0 fully saturated rings. The zero-order valence-electron chi connectivity index (χ0n) is 23.0. The summed E-state index contributed by atoms with van der Waals surface area (Å²) in [5.74, 6) is 1.84. The number of aromatic nitrogens is 5. The molecule has 0 saturated heterocycles. The third kappa shape index (κ3) is 3.36. The molecule has 2 aliphatic rings. The van der Waals surface area contributed by atoms with Crippen LogP contribution in [0.5, 0.6) is 0 Å². The van der Waals surface area contributed by atoms with E-state index in [1.165, 1.54) is 44.5 Å². The number of hydrogen-bond donors (Lipinski definition) is 0. The molecule has 4 aromatic carbocycles. The summed E-state index contributed by atoms with van der Waals surface area (Å²) in [6, 6.07) is 40.9. The van der Waals surface area contributed by atoms with Gasteiger partial charge < -0.3 is 0 Å². The third-order valence-corrected chi connectivity index (χ3v) is 8.77. The van der Waals surface area contributed by atoms with E-state index in [-0.39, 0.29) is 0 Å². The molecule has 0 N–H and O–H groups in total. The van der Waals surface area contributed by atoms with Crippen molar-refractivity contribution >= 4 is 0 Å². The van der Waals surface area contributed by atoms with Crippen LogP contribution in [0.1, 0.15) is 22.3 Å². The Bertz CT molecular complexity index is 2070. The van der Waals surface area contributed by atoms with Crippen LogP contribution in [0.15, 0.2) is 140 Å². The minimum absolute atomic E-state index is 0.427. The number of rotatable bonds is 3. The average molecular weight is 550 g/mol. The van der Waals surface area contributed by atoms with Gasteiger partial charge in [-0.3, -0.25) is 9.97 Å². The highest BCUT2D eigenvalue weighted by atomic mass is 15.0. The maximum Gasteiger partial charge on any atom is 0.164 e. The number of hydrogen-bond acceptors (Lipinski definition) is 5. The Kier molecular flexibility index (Phi) is 5.05. The zero-order valence-corrected chi connectivity index (χ0v) is 23.0. The predicted octanol–water partition coefficient (Wildman–Crippen LogP) is 8.01. The fourth-order valence-electron chi connectivity index (χ4n) is 7.00. The van der Waals surface area contributed by atoms with Gasteiger partial charge in [-0.15, -0.1) is 0 Å². The van der Waals surface area contributed by atoms with E-state index in [0.29, 0.717) is 17.5 Å². The average Bonchev–Trinajstić information content (AvgIpc) is 3.56. The first-order valence-corrected chi connectivity index (χ1v) is 14.3. The second kappa shape index (κ2) is 9.10. The maximum atomic E-state index is 5.01. The first kappa shape index (κ1) is 23.9. The van der Waals surface area contributed by atoms with Crippen LogP contribution in [0, 0.1) is 0 Å². The molecule has 0 bridgehead atoms. The zero-order chi connectivity index (χ0) is 28.4. The summed E-state index contributed by atoms with van der Waals surface area (Å²) in [7, 11) is 0. The van der Waals surface area contributed by atoms with Gasteiger partial charge in [-0.1, -0.05) is 84.9 Å². The molecule has 0 unspecified atom stereocenters. The molecule has 7 aromatic rings. The van der Waals surface area contributed by atoms with Gasteiger partial charge in [0.2, 0.25) is 0 Å². The Morgan fingerprint density at radius 3 is 1.21 bits per heavy atom. The molecular weight excluding hydrogens is 526 g/mol. The summed E-state index contributed by atoms with van der Waals surface area (Å²) < 4.78 is 0. The van der Waals surface area contributed by atoms with Crippen LogP contribution in [0.3, 0.4) is 0 Å². The smallest absolute Gasteiger partial charge is 0.164 e. The Hall–Kier alpha value is -5.81. The van der Waals surface area contributed by atoms with Gasteiger partial charge in [-0.25, -0.2) is 15.0 Å². The monoisotopic (exact) mass is 549 g/mol. The summed E-state index contributed by atoms with van der Waals surface area (Å²) in [6.45, 7) is 0. The first-order valence-electron chi connectivity index (χ1n) is 14.3. The van der Waals surface area contributed by atoms with Crippen LogP contribution in [-0.4, -0.2) is 24.9 Å². The maximum absolute atomic E-state index is 5.01. The Morgan fingerprint density at radius 1 is 0.349 bits per heavy atom. The van der Waals surface area contributed by atoms with Crippen molar-refractivity contribution in [2.45, 2.75) is 5.41 Å². The second-order valence-corrected chi connectivity index (χ2v) is 10.9. The van der Waals surface area contributed by atoms with Crippen molar-refractivity contribution in [3.05, 3.63) is 162 Å². The molecule has 9 rings (SSSR count). The number of fused-ring (bicyclic) bond motifs is 10. The van der Waals surface area contributed by atoms with Crippen LogP contribution in [0.25, 0.3) is 56.4 Å². The van der Waals surface area contributed by atoms with E-state index in [0.717, 1.165) is 16.7 Å². The lowest BCUT2D eigenvalue weighted by molar-refractivity contribution is 0.794. The molecule has 3 aromatic heterocycles. The van der Waals surface area contributed by atoms with Crippen LogP contribution < -0.4 is 0 Å². The predicted molar refractivity (Wildman–Crippen MR) is 168 cm³/mol. The summed E-state index contributed by atoms with van der Waals surface area (Å²) >= 11 is 0. The molecule has 43 heavy (non-hydrogen) atoms. The lowest BCUT2D eigenvalue weighted by atomic mass is 9.70. The molecule has 0 aliphatic heterocycles. The van der Waals surface area contributed by atoms with Crippen molar-refractivity contribution in [2.24, 2.45) is 0 Å². The van der Waals surface area contributed by atoms with Crippen molar-refractivity contribution in [2.75, 3.05) is 0 Å². The van der Waals surface area contributed by atoms with E-state index in [2.05, 4.69) is 101 Å². The highest BCUT2D eigenvalue weighted by molar-refractivity contribution is 5.95. The van der Waals surface area contributed by atoms with Gasteiger partial charge in [0.1, 0.15) is 0 Å². The number of pyridine rings is 2. The van der Waals surface area contributed by atoms with Gasteiger partial charge in [0.25, 0.3) is 0 Å². The van der Waals surface area contributed by atoms with Crippen LogP contribution in [-0.2, 0) is 5.41 Å². The fraction of sp³-hybridized carbons (Fsp3) is 0.0263. The first-order chi connectivity index (χ1) is 21.3.